The van der Waals surface area contributed by atoms with Gasteiger partial charge >= 0.3 is 0 Å². The van der Waals surface area contributed by atoms with Crippen LogP contribution < -0.4 is 5.32 Å². The Balaban J connectivity index is 0.000000461. The Morgan fingerprint density at radius 1 is 1.29 bits per heavy atom. The molecule has 0 radical (unpaired) electrons. The molecule has 0 saturated heterocycles. The predicted octanol–water partition coefficient (Wildman–Crippen LogP) is 3.23. The van der Waals surface area contributed by atoms with Crippen LogP contribution in [-0.2, 0) is 6.42 Å². The van der Waals surface area contributed by atoms with Crippen molar-refractivity contribution in [2.45, 2.75) is 40.2 Å². The highest BCUT2D eigenvalue weighted by molar-refractivity contribution is 5.35. The van der Waals surface area contributed by atoms with Crippen molar-refractivity contribution in [1.29, 1.82) is 0 Å². The quantitative estimate of drug-likeness (QED) is 0.664. The third kappa shape index (κ3) is 2.36. The average molecular weight is 191 g/mol. The van der Waals surface area contributed by atoms with Crippen molar-refractivity contribution in [2.75, 3.05) is 6.54 Å². The average Bonchev–Trinajstić information content (AvgIpc) is 2.21. The van der Waals surface area contributed by atoms with Crippen molar-refractivity contribution in [3.05, 3.63) is 34.9 Å². The van der Waals surface area contributed by atoms with Gasteiger partial charge in [0.05, 0.1) is 0 Å². The summed E-state index contributed by atoms with van der Waals surface area (Å²) in [4.78, 5) is 0. The molecule has 1 aliphatic rings. The second-order valence-electron chi connectivity index (χ2n) is 3.63. The summed E-state index contributed by atoms with van der Waals surface area (Å²) in [5.74, 6) is 0. The van der Waals surface area contributed by atoms with Crippen molar-refractivity contribution < 1.29 is 0 Å². The molecule has 1 aromatic rings. The molecule has 0 aliphatic carbocycles. The number of fused-ring (bicyclic) bond motifs is 1. The van der Waals surface area contributed by atoms with E-state index < -0.39 is 0 Å². The normalized spacial score (nSPS) is 19.3. The van der Waals surface area contributed by atoms with Crippen LogP contribution in [0.1, 0.15) is 43.5 Å². The van der Waals surface area contributed by atoms with Gasteiger partial charge in [-0.2, -0.15) is 0 Å². The number of rotatable bonds is 0. The number of aryl methyl sites for hydroxylation is 1. The number of benzene rings is 1. The van der Waals surface area contributed by atoms with E-state index in [-0.39, 0.29) is 0 Å². The van der Waals surface area contributed by atoms with Crippen LogP contribution >= 0.6 is 0 Å². The molecule has 1 nitrogen and oxygen atoms in total. The molecule has 78 valence electrons. The van der Waals surface area contributed by atoms with Gasteiger partial charge < -0.3 is 5.32 Å². The van der Waals surface area contributed by atoms with Crippen LogP contribution in [0.4, 0.5) is 0 Å². The van der Waals surface area contributed by atoms with Crippen molar-refractivity contribution in [3.8, 4) is 0 Å². The molecule has 1 aromatic carbocycles. The Morgan fingerprint density at radius 2 is 2.00 bits per heavy atom. The molecule has 1 N–H and O–H groups in total. The molecule has 0 aromatic heterocycles. The maximum Gasteiger partial charge on any atom is 0.0294 e. The van der Waals surface area contributed by atoms with Crippen molar-refractivity contribution in [3.63, 3.8) is 0 Å². The van der Waals surface area contributed by atoms with Crippen LogP contribution in [0.3, 0.4) is 0 Å². The SMILES string of the molecule is CC.Cc1ccc2c(c1)CCNC2C. The lowest BCUT2D eigenvalue weighted by molar-refractivity contribution is 0.540. The van der Waals surface area contributed by atoms with Gasteiger partial charge in [-0.15, -0.1) is 0 Å². The summed E-state index contributed by atoms with van der Waals surface area (Å²) >= 11 is 0. The minimum Gasteiger partial charge on any atom is -0.310 e. The van der Waals surface area contributed by atoms with E-state index >= 15 is 0 Å². The van der Waals surface area contributed by atoms with Gasteiger partial charge in [0.1, 0.15) is 0 Å². The Labute approximate surface area is 87.5 Å². The summed E-state index contributed by atoms with van der Waals surface area (Å²) in [6, 6.07) is 7.30. The minimum absolute atomic E-state index is 0.536. The van der Waals surface area contributed by atoms with E-state index in [0.717, 1.165) is 6.54 Å². The minimum atomic E-state index is 0.536. The zero-order valence-corrected chi connectivity index (χ0v) is 9.72. The van der Waals surface area contributed by atoms with Crippen LogP contribution in [0.25, 0.3) is 0 Å². The summed E-state index contributed by atoms with van der Waals surface area (Å²) in [5, 5.41) is 3.46. The summed E-state index contributed by atoms with van der Waals surface area (Å²) in [7, 11) is 0. The monoisotopic (exact) mass is 191 g/mol. The first-order chi connectivity index (χ1) is 6.77. The lowest BCUT2D eigenvalue weighted by Gasteiger charge is -2.23. The van der Waals surface area contributed by atoms with Gasteiger partial charge in [-0.25, -0.2) is 0 Å². The van der Waals surface area contributed by atoms with Gasteiger partial charge in [0.25, 0.3) is 0 Å². The summed E-state index contributed by atoms with van der Waals surface area (Å²) in [5.41, 5.74) is 4.39. The van der Waals surface area contributed by atoms with Gasteiger partial charge in [0.2, 0.25) is 0 Å². The highest BCUT2D eigenvalue weighted by Crippen LogP contribution is 2.22. The van der Waals surface area contributed by atoms with Crippen molar-refractivity contribution in [1.82, 2.24) is 5.32 Å². The fourth-order valence-corrected chi connectivity index (χ4v) is 1.91. The number of nitrogens with one attached hydrogen (secondary N) is 1. The third-order valence-electron chi connectivity index (χ3n) is 2.61. The maximum absolute atomic E-state index is 3.46. The van der Waals surface area contributed by atoms with Crippen LogP contribution in [0, 0.1) is 6.92 Å². The second kappa shape index (κ2) is 5.16. The Bertz CT molecular complexity index is 291. The van der Waals surface area contributed by atoms with E-state index in [1.54, 1.807) is 0 Å². The van der Waals surface area contributed by atoms with Crippen molar-refractivity contribution in [2.24, 2.45) is 0 Å². The van der Waals surface area contributed by atoms with Crippen molar-refractivity contribution >= 4 is 0 Å². The van der Waals surface area contributed by atoms with E-state index in [1.165, 1.54) is 23.1 Å². The van der Waals surface area contributed by atoms with E-state index in [1.807, 2.05) is 13.8 Å². The molecule has 1 aliphatic heterocycles. The first kappa shape index (κ1) is 11.3. The molecule has 2 rings (SSSR count). The van der Waals surface area contributed by atoms with E-state index in [4.69, 9.17) is 0 Å². The first-order valence-electron chi connectivity index (χ1n) is 5.60. The molecule has 0 amide bonds. The number of hydrogen-bond acceptors (Lipinski definition) is 1. The number of hydrogen-bond donors (Lipinski definition) is 1. The molecular formula is C13H21N. The summed E-state index contributed by atoms with van der Waals surface area (Å²) < 4.78 is 0. The first-order valence-corrected chi connectivity index (χ1v) is 5.60. The Hall–Kier alpha value is -0.820. The molecule has 1 atom stereocenters. The summed E-state index contributed by atoms with van der Waals surface area (Å²) in [6.07, 6.45) is 1.18. The molecule has 1 unspecified atom stereocenters. The summed E-state index contributed by atoms with van der Waals surface area (Å²) in [6.45, 7) is 9.51. The molecule has 0 saturated carbocycles. The zero-order valence-electron chi connectivity index (χ0n) is 9.72. The predicted molar refractivity (Wildman–Crippen MR) is 62.6 cm³/mol. The van der Waals surface area contributed by atoms with Crippen LogP contribution in [0.15, 0.2) is 18.2 Å². The lowest BCUT2D eigenvalue weighted by atomic mass is 9.94. The van der Waals surface area contributed by atoms with Crippen LogP contribution in [0.2, 0.25) is 0 Å². The van der Waals surface area contributed by atoms with Crippen LogP contribution in [0.5, 0.6) is 0 Å². The van der Waals surface area contributed by atoms with Gasteiger partial charge in [-0.3, -0.25) is 0 Å². The highest BCUT2D eigenvalue weighted by atomic mass is 14.9. The molecule has 0 spiro atoms. The van der Waals surface area contributed by atoms with E-state index in [0.29, 0.717) is 6.04 Å². The van der Waals surface area contributed by atoms with E-state index in [2.05, 4.69) is 37.4 Å². The molecule has 0 bridgehead atoms. The smallest absolute Gasteiger partial charge is 0.0294 e. The Kier molecular flexibility index (Phi) is 4.15. The molecule has 0 fully saturated rings. The van der Waals surface area contributed by atoms with Crippen LogP contribution in [-0.4, -0.2) is 6.54 Å². The third-order valence-corrected chi connectivity index (χ3v) is 2.61. The van der Waals surface area contributed by atoms with Gasteiger partial charge in [0.15, 0.2) is 0 Å². The molecule has 1 heteroatoms. The lowest BCUT2D eigenvalue weighted by Crippen LogP contribution is -2.27. The van der Waals surface area contributed by atoms with Gasteiger partial charge in [-0.1, -0.05) is 37.6 Å². The van der Waals surface area contributed by atoms with Gasteiger partial charge in [-0.05, 0) is 37.9 Å². The fraction of sp³-hybridized carbons (Fsp3) is 0.538. The molecule has 1 heterocycles. The zero-order chi connectivity index (χ0) is 10.6. The largest absolute Gasteiger partial charge is 0.310 e. The molecular weight excluding hydrogens is 170 g/mol. The molecule has 14 heavy (non-hydrogen) atoms. The standard InChI is InChI=1S/C11H15N.C2H6/c1-8-3-4-11-9(2)12-6-5-10(11)7-8;1-2/h3-4,7,9,12H,5-6H2,1-2H3;1-2H3. The second-order valence-corrected chi connectivity index (χ2v) is 3.63. The fourth-order valence-electron chi connectivity index (χ4n) is 1.91. The van der Waals surface area contributed by atoms with E-state index in [9.17, 15) is 0 Å². The highest BCUT2D eigenvalue weighted by Gasteiger charge is 2.14. The maximum atomic E-state index is 3.46. The van der Waals surface area contributed by atoms with Gasteiger partial charge in [0, 0.05) is 6.04 Å². The Morgan fingerprint density at radius 3 is 2.71 bits per heavy atom. The topological polar surface area (TPSA) is 12.0 Å².